The van der Waals surface area contributed by atoms with Gasteiger partial charge >= 0.3 is 0 Å². The lowest BCUT2D eigenvalue weighted by Crippen LogP contribution is -2.42. The average Bonchev–Trinajstić information content (AvgIpc) is 3.13. The molecule has 6 nitrogen and oxygen atoms in total. The van der Waals surface area contributed by atoms with Gasteiger partial charge in [0.1, 0.15) is 4.21 Å². The second kappa shape index (κ2) is 10.7. The van der Waals surface area contributed by atoms with Crippen LogP contribution in [0.3, 0.4) is 0 Å². The summed E-state index contributed by atoms with van der Waals surface area (Å²) in [4.78, 5) is 4.16. The van der Waals surface area contributed by atoms with E-state index in [1.54, 1.807) is 24.6 Å². The molecule has 2 rings (SSSR count). The molecular weight excluding hydrogens is 471 g/mol. The van der Waals surface area contributed by atoms with E-state index < -0.39 is 10.0 Å². The van der Waals surface area contributed by atoms with Crippen LogP contribution < -0.4 is 15.4 Å². The van der Waals surface area contributed by atoms with Gasteiger partial charge in [-0.25, -0.2) is 13.1 Å². The van der Waals surface area contributed by atoms with Crippen LogP contribution in [0.4, 0.5) is 0 Å². The molecular formula is C16H23IN4O2S2. The third-order valence-electron chi connectivity index (χ3n) is 3.35. The van der Waals surface area contributed by atoms with Crippen molar-refractivity contribution in [3.63, 3.8) is 0 Å². The highest BCUT2D eigenvalue weighted by Crippen LogP contribution is 2.14. The van der Waals surface area contributed by atoms with E-state index in [0.29, 0.717) is 16.7 Å². The lowest BCUT2D eigenvalue weighted by atomic mass is 10.1. The Hall–Kier alpha value is -1.17. The monoisotopic (exact) mass is 494 g/mol. The second-order valence-corrected chi connectivity index (χ2v) is 8.05. The second-order valence-electron chi connectivity index (χ2n) is 5.11. The van der Waals surface area contributed by atoms with Crippen LogP contribution in [0.25, 0.3) is 0 Å². The summed E-state index contributed by atoms with van der Waals surface area (Å²) in [6, 6.07) is 13.4. The van der Waals surface area contributed by atoms with E-state index in [0.717, 1.165) is 5.56 Å². The van der Waals surface area contributed by atoms with Gasteiger partial charge in [0.05, 0.1) is 6.04 Å². The summed E-state index contributed by atoms with van der Waals surface area (Å²) < 4.78 is 26.9. The average molecular weight is 494 g/mol. The van der Waals surface area contributed by atoms with Crippen molar-refractivity contribution in [3.8, 4) is 0 Å². The fourth-order valence-corrected chi connectivity index (χ4v) is 4.15. The molecule has 0 fully saturated rings. The summed E-state index contributed by atoms with van der Waals surface area (Å²) >= 11 is 1.20. The highest BCUT2D eigenvalue weighted by molar-refractivity contribution is 14.0. The Bertz CT molecular complexity index is 750. The van der Waals surface area contributed by atoms with Crippen LogP contribution in [0, 0.1) is 0 Å². The number of guanidine groups is 1. The molecule has 0 spiro atoms. The zero-order valence-electron chi connectivity index (χ0n) is 14.1. The third kappa shape index (κ3) is 6.92. The lowest BCUT2D eigenvalue weighted by Gasteiger charge is -2.18. The molecule has 0 aliphatic rings. The molecule has 9 heteroatoms. The molecule has 0 radical (unpaired) electrons. The SMILES string of the molecule is CN=C(NCCNS(=O)(=O)c1cccs1)NC(C)c1ccccc1.I. The molecule has 0 aliphatic carbocycles. The van der Waals surface area contributed by atoms with Gasteiger partial charge in [-0.1, -0.05) is 36.4 Å². The van der Waals surface area contributed by atoms with Crippen LogP contribution in [0.2, 0.25) is 0 Å². The van der Waals surface area contributed by atoms with E-state index in [2.05, 4.69) is 20.3 Å². The Morgan fingerprint density at radius 3 is 2.48 bits per heavy atom. The summed E-state index contributed by atoms with van der Waals surface area (Å²) in [6.45, 7) is 2.76. The minimum absolute atomic E-state index is 0. The molecule has 1 heterocycles. The smallest absolute Gasteiger partial charge is 0.250 e. The van der Waals surface area contributed by atoms with Crippen molar-refractivity contribution in [2.45, 2.75) is 17.2 Å². The van der Waals surface area contributed by atoms with Gasteiger partial charge in [0, 0.05) is 20.1 Å². The van der Waals surface area contributed by atoms with Gasteiger partial charge in [0.2, 0.25) is 10.0 Å². The molecule has 1 unspecified atom stereocenters. The number of hydrogen-bond acceptors (Lipinski definition) is 4. The van der Waals surface area contributed by atoms with Crippen molar-refractivity contribution in [1.82, 2.24) is 15.4 Å². The maximum Gasteiger partial charge on any atom is 0.250 e. The maximum absolute atomic E-state index is 12.0. The van der Waals surface area contributed by atoms with Gasteiger partial charge in [0.25, 0.3) is 0 Å². The molecule has 0 saturated carbocycles. The number of hydrogen-bond donors (Lipinski definition) is 3. The molecule has 0 saturated heterocycles. The Morgan fingerprint density at radius 2 is 1.88 bits per heavy atom. The quantitative estimate of drug-likeness (QED) is 0.239. The number of thiophene rings is 1. The van der Waals surface area contributed by atoms with E-state index in [1.165, 1.54) is 11.3 Å². The minimum Gasteiger partial charge on any atom is -0.355 e. The van der Waals surface area contributed by atoms with Crippen molar-refractivity contribution < 1.29 is 8.42 Å². The molecule has 0 bridgehead atoms. The zero-order valence-corrected chi connectivity index (χ0v) is 18.1. The van der Waals surface area contributed by atoms with Gasteiger partial charge in [-0.15, -0.1) is 35.3 Å². The van der Waals surface area contributed by atoms with Gasteiger partial charge < -0.3 is 10.6 Å². The van der Waals surface area contributed by atoms with Crippen molar-refractivity contribution in [2.75, 3.05) is 20.1 Å². The van der Waals surface area contributed by atoms with Crippen LogP contribution in [0.1, 0.15) is 18.5 Å². The number of nitrogens with one attached hydrogen (secondary N) is 3. The molecule has 0 aliphatic heterocycles. The van der Waals surface area contributed by atoms with E-state index >= 15 is 0 Å². The lowest BCUT2D eigenvalue weighted by molar-refractivity contribution is 0.582. The molecule has 3 N–H and O–H groups in total. The van der Waals surface area contributed by atoms with Crippen molar-refractivity contribution in [1.29, 1.82) is 0 Å². The van der Waals surface area contributed by atoms with E-state index in [4.69, 9.17) is 0 Å². The first-order valence-electron chi connectivity index (χ1n) is 7.58. The topological polar surface area (TPSA) is 82.6 Å². The normalized spacial score (nSPS) is 13.0. The van der Waals surface area contributed by atoms with E-state index in [1.807, 2.05) is 37.3 Å². The number of aliphatic imine (C=N–C) groups is 1. The van der Waals surface area contributed by atoms with Crippen molar-refractivity contribution in [3.05, 3.63) is 53.4 Å². The summed E-state index contributed by atoms with van der Waals surface area (Å²) in [5, 5.41) is 8.11. The molecule has 1 aromatic heterocycles. The van der Waals surface area contributed by atoms with Crippen LogP contribution in [-0.2, 0) is 10.0 Å². The first-order chi connectivity index (χ1) is 11.5. The maximum atomic E-state index is 12.0. The van der Waals surface area contributed by atoms with Crippen molar-refractivity contribution in [2.24, 2.45) is 4.99 Å². The predicted octanol–water partition coefficient (Wildman–Crippen LogP) is 2.57. The van der Waals surface area contributed by atoms with Gasteiger partial charge in [0.15, 0.2) is 5.96 Å². The Labute approximate surface area is 170 Å². The molecule has 0 amide bonds. The first kappa shape index (κ1) is 21.9. The summed E-state index contributed by atoms with van der Waals surface area (Å²) in [6.07, 6.45) is 0. The highest BCUT2D eigenvalue weighted by Gasteiger charge is 2.14. The summed E-state index contributed by atoms with van der Waals surface area (Å²) in [5.41, 5.74) is 1.15. The van der Waals surface area contributed by atoms with Crippen molar-refractivity contribution >= 4 is 51.3 Å². The number of sulfonamides is 1. The third-order valence-corrected chi connectivity index (χ3v) is 6.20. The minimum atomic E-state index is -3.42. The van der Waals surface area contributed by atoms with Crippen LogP contribution in [0.15, 0.2) is 57.0 Å². The fourth-order valence-electron chi connectivity index (χ4n) is 2.08. The van der Waals surface area contributed by atoms with Gasteiger partial charge in [-0.2, -0.15) is 0 Å². The molecule has 138 valence electrons. The highest BCUT2D eigenvalue weighted by atomic mass is 127. The Kier molecular flexibility index (Phi) is 9.39. The number of benzene rings is 1. The number of halogens is 1. The summed E-state index contributed by atoms with van der Waals surface area (Å²) in [7, 11) is -1.74. The van der Waals surface area contributed by atoms with Crippen LogP contribution >= 0.6 is 35.3 Å². The molecule has 1 aromatic carbocycles. The number of rotatable bonds is 7. The van der Waals surface area contributed by atoms with Crippen LogP contribution in [-0.4, -0.2) is 34.5 Å². The van der Waals surface area contributed by atoms with Crippen LogP contribution in [0.5, 0.6) is 0 Å². The first-order valence-corrected chi connectivity index (χ1v) is 9.94. The standard InChI is InChI=1S/C16H22N4O2S2.HI/c1-13(14-7-4-3-5-8-14)20-16(17-2)18-10-11-19-24(21,22)15-9-6-12-23-15;/h3-9,12-13,19H,10-11H2,1-2H3,(H2,17,18,20);1H. The Balaban J connectivity index is 0.00000312. The molecule has 1 atom stereocenters. The van der Waals surface area contributed by atoms with E-state index in [-0.39, 0.29) is 36.6 Å². The zero-order chi connectivity index (χ0) is 17.4. The van der Waals surface area contributed by atoms with E-state index in [9.17, 15) is 8.42 Å². The summed E-state index contributed by atoms with van der Waals surface area (Å²) in [5.74, 6) is 0.627. The molecule has 25 heavy (non-hydrogen) atoms. The van der Waals surface area contributed by atoms with Gasteiger partial charge in [-0.05, 0) is 23.9 Å². The Morgan fingerprint density at radius 1 is 1.16 bits per heavy atom. The fraction of sp³-hybridized carbons (Fsp3) is 0.312. The van der Waals surface area contributed by atoms with Gasteiger partial charge in [-0.3, -0.25) is 4.99 Å². The predicted molar refractivity (Wildman–Crippen MR) is 114 cm³/mol. The largest absolute Gasteiger partial charge is 0.355 e. The number of nitrogens with zero attached hydrogens (tertiary/aromatic N) is 1. The molecule has 2 aromatic rings.